The molecule has 2 aliphatic rings. The number of allylic oxidation sites excluding steroid dienone is 2. The van der Waals surface area contributed by atoms with E-state index in [9.17, 15) is 4.79 Å². The van der Waals surface area contributed by atoms with Gasteiger partial charge in [0, 0.05) is 12.7 Å². The first-order valence-corrected chi connectivity index (χ1v) is 6.78. The largest absolute Gasteiger partial charge is 0.461 e. The highest BCUT2D eigenvalue weighted by atomic mass is 16.7. The van der Waals surface area contributed by atoms with E-state index in [-0.39, 0.29) is 18.1 Å². The summed E-state index contributed by atoms with van der Waals surface area (Å²) in [5.74, 6) is 0.0229. The van der Waals surface area contributed by atoms with Gasteiger partial charge in [-0.3, -0.25) is 4.79 Å². The Bertz CT molecular complexity index is 506. The zero-order valence-corrected chi connectivity index (χ0v) is 11.1. The van der Waals surface area contributed by atoms with Gasteiger partial charge in [0.25, 0.3) is 0 Å². The molecule has 0 bridgehead atoms. The molecule has 1 saturated heterocycles. The molecule has 0 aromatic heterocycles. The van der Waals surface area contributed by atoms with Gasteiger partial charge in [-0.25, -0.2) is 0 Å². The summed E-state index contributed by atoms with van der Waals surface area (Å²) >= 11 is 0. The molecule has 3 rings (SSSR count). The van der Waals surface area contributed by atoms with E-state index < -0.39 is 5.79 Å². The lowest BCUT2D eigenvalue weighted by atomic mass is 9.83. The van der Waals surface area contributed by atoms with E-state index in [1.165, 1.54) is 0 Å². The summed E-state index contributed by atoms with van der Waals surface area (Å²) in [7, 11) is 1.60. The van der Waals surface area contributed by atoms with Crippen LogP contribution in [0.2, 0.25) is 0 Å². The van der Waals surface area contributed by atoms with E-state index in [0.717, 1.165) is 30.6 Å². The summed E-state index contributed by atoms with van der Waals surface area (Å²) in [6.45, 7) is 0. The molecule has 0 N–H and O–H groups in total. The lowest BCUT2D eigenvalue weighted by molar-refractivity contribution is -0.230. The van der Waals surface area contributed by atoms with E-state index in [2.05, 4.69) is 0 Å². The van der Waals surface area contributed by atoms with Crippen LogP contribution >= 0.6 is 0 Å². The molecule has 1 heterocycles. The van der Waals surface area contributed by atoms with Crippen LogP contribution in [0.1, 0.15) is 31.2 Å². The van der Waals surface area contributed by atoms with Crippen molar-refractivity contribution in [2.45, 2.75) is 31.5 Å². The van der Waals surface area contributed by atoms with Gasteiger partial charge in [-0.2, -0.15) is 0 Å². The number of hydrogen-bond donors (Lipinski definition) is 0. The molecule has 100 valence electrons. The summed E-state index contributed by atoms with van der Waals surface area (Å²) in [5, 5.41) is 0. The molecule has 3 nitrogen and oxygen atoms in total. The molecule has 1 aromatic rings. The highest BCUT2D eigenvalue weighted by Crippen LogP contribution is 2.43. The third-order valence-corrected chi connectivity index (χ3v) is 4.01. The number of rotatable bonds is 2. The van der Waals surface area contributed by atoms with Gasteiger partial charge in [0.05, 0.1) is 12.3 Å². The first kappa shape index (κ1) is 12.4. The predicted molar refractivity (Wildman–Crippen MR) is 71.3 cm³/mol. The molecule has 19 heavy (non-hydrogen) atoms. The molecular weight excluding hydrogens is 240 g/mol. The van der Waals surface area contributed by atoms with E-state index in [1.54, 1.807) is 7.11 Å². The fourth-order valence-electron chi connectivity index (χ4n) is 2.95. The second kappa shape index (κ2) is 4.82. The first-order chi connectivity index (χ1) is 9.25. The van der Waals surface area contributed by atoms with Gasteiger partial charge in [0.1, 0.15) is 11.5 Å². The monoisotopic (exact) mass is 258 g/mol. The summed E-state index contributed by atoms with van der Waals surface area (Å²) in [6, 6.07) is 9.71. The molecule has 1 fully saturated rings. The van der Waals surface area contributed by atoms with Gasteiger partial charge in [0.15, 0.2) is 0 Å². The maximum absolute atomic E-state index is 12.4. The van der Waals surface area contributed by atoms with Crippen molar-refractivity contribution in [2.24, 2.45) is 5.92 Å². The van der Waals surface area contributed by atoms with Crippen LogP contribution in [0.3, 0.4) is 0 Å². The van der Waals surface area contributed by atoms with Crippen LogP contribution < -0.4 is 0 Å². The first-order valence-electron chi connectivity index (χ1n) is 6.78. The Balaban J connectivity index is 1.99. The molecule has 0 amide bonds. The molecule has 0 spiro atoms. The standard InChI is InChI=1S/C16H18O3/c1-18-16(12-7-3-2-4-8-12)11-14(17)13-9-5-6-10-15(13)19-16/h2-4,7-8,10,13H,5-6,9,11H2,1H3. The average Bonchev–Trinajstić information content (AvgIpc) is 2.48. The Hall–Kier alpha value is -1.61. The molecule has 0 radical (unpaired) electrons. The van der Waals surface area contributed by atoms with Gasteiger partial charge in [-0.1, -0.05) is 30.3 Å². The van der Waals surface area contributed by atoms with Crippen molar-refractivity contribution in [3.8, 4) is 0 Å². The fourth-order valence-corrected chi connectivity index (χ4v) is 2.95. The van der Waals surface area contributed by atoms with Crippen LogP contribution in [0, 0.1) is 5.92 Å². The quantitative estimate of drug-likeness (QED) is 0.817. The van der Waals surface area contributed by atoms with Crippen molar-refractivity contribution in [3.05, 3.63) is 47.7 Å². The minimum Gasteiger partial charge on any atom is -0.461 e. The van der Waals surface area contributed by atoms with Crippen LogP contribution in [0.25, 0.3) is 0 Å². The molecule has 1 aromatic carbocycles. The lowest BCUT2D eigenvalue weighted by Gasteiger charge is -2.41. The summed E-state index contributed by atoms with van der Waals surface area (Å²) in [5.41, 5.74) is 0.899. The zero-order valence-electron chi connectivity index (χ0n) is 11.1. The van der Waals surface area contributed by atoms with Crippen molar-refractivity contribution in [2.75, 3.05) is 7.11 Å². The third kappa shape index (κ3) is 2.08. The predicted octanol–water partition coefficient (Wildman–Crippen LogP) is 3.16. The summed E-state index contributed by atoms with van der Waals surface area (Å²) in [4.78, 5) is 12.4. The minimum absolute atomic E-state index is 0.0549. The lowest BCUT2D eigenvalue weighted by Crippen LogP contribution is -2.43. The Kier molecular flexibility index (Phi) is 3.15. The van der Waals surface area contributed by atoms with Crippen LogP contribution in [-0.4, -0.2) is 12.9 Å². The average molecular weight is 258 g/mol. The van der Waals surface area contributed by atoms with Crippen molar-refractivity contribution in [1.82, 2.24) is 0 Å². The smallest absolute Gasteiger partial charge is 0.243 e. The Morgan fingerprint density at radius 1 is 1.32 bits per heavy atom. The van der Waals surface area contributed by atoms with E-state index in [0.29, 0.717) is 0 Å². The highest BCUT2D eigenvalue weighted by molar-refractivity contribution is 5.85. The molecule has 0 saturated carbocycles. The van der Waals surface area contributed by atoms with Crippen molar-refractivity contribution in [1.29, 1.82) is 0 Å². The van der Waals surface area contributed by atoms with Gasteiger partial charge >= 0.3 is 0 Å². The van der Waals surface area contributed by atoms with Gasteiger partial charge in [-0.05, 0) is 25.3 Å². The molecule has 2 unspecified atom stereocenters. The maximum Gasteiger partial charge on any atom is 0.243 e. The van der Waals surface area contributed by atoms with Gasteiger partial charge in [0.2, 0.25) is 5.79 Å². The van der Waals surface area contributed by atoms with Gasteiger partial charge in [-0.15, -0.1) is 0 Å². The van der Waals surface area contributed by atoms with Crippen molar-refractivity contribution < 1.29 is 14.3 Å². The summed E-state index contributed by atoms with van der Waals surface area (Å²) in [6.07, 6.45) is 5.28. The molecular formula is C16H18O3. The number of fused-ring (bicyclic) bond motifs is 1. The number of Topliss-reactive ketones (excluding diaryl/α,β-unsaturated/α-hetero) is 1. The fraction of sp³-hybridized carbons (Fsp3) is 0.438. The van der Waals surface area contributed by atoms with E-state index >= 15 is 0 Å². The Morgan fingerprint density at radius 2 is 2.11 bits per heavy atom. The number of hydrogen-bond acceptors (Lipinski definition) is 3. The number of ketones is 1. The topological polar surface area (TPSA) is 35.5 Å². The number of ether oxygens (including phenoxy) is 2. The number of benzene rings is 1. The molecule has 3 heteroatoms. The minimum atomic E-state index is -0.946. The Morgan fingerprint density at radius 3 is 2.84 bits per heavy atom. The van der Waals surface area contributed by atoms with E-state index in [1.807, 2.05) is 36.4 Å². The number of carbonyl (C=O) groups is 1. The molecule has 2 atom stereocenters. The van der Waals surface area contributed by atoms with Crippen molar-refractivity contribution >= 4 is 5.78 Å². The van der Waals surface area contributed by atoms with Gasteiger partial charge < -0.3 is 9.47 Å². The molecule has 1 aliphatic heterocycles. The zero-order chi connectivity index (χ0) is 13.3. The van der Waals surface area contributed by atoms with E-state index in [4.69, 9.17) is 9.47 Å². The third-order valence-electron chi connectivity index (χ3n) is 4.01. The highest BCUT2D eigenvalue weighted by Gasteiger charge is 2.46. The SMILES string of the molecule is COC1(c2ccccc2)CC(=O)C2CCCC=C2O1. The second-order valence-corrected chi connectivity index (χ2v) is 5.16. The molecule has 1 aliphatic carbocycles. The van der Waals surface area contributed by atoms with Crippen LogP contribution in [-0.2, 0) is 20.1 Å². The van der Waals surface area contributed by atoms with Crippen LogP contribution in [0.5, 0.6) is 0 Å². The Labute approximate surface area is 113 Å². The normalized spacial score (nSPS) is 30.3. The number of carbonyl (C=O) groups excluding carboxylic acids is 1. The summed E-state index contributed by atoms with van der Waals surface area (Å²) < 4.78 is 11.7. The number of methoxy groups -OCH3 is 1. The maximum atomic E-state index is 12.4. The second-order valence-electron chi connectivity index (χ2n) is 5.16. The van der Waals surface area contributed by atoms with Crippen LogP contribution in [0.15, 0.2) is 42.2 Å². The van der Waals surface area contributed by atoms with Crippen LogP contribution in [0.4, 0.5) is 0 Å². The van der Waals surface area contributed by atoms with Crippen molar-refractivity contribution in [3.63, 3.8) is 0 Å².